The largest absolute Gasteiger partial charge is 0.456 e. The Bertz CT molecular complexity index is 1330. The third-order valence-corrected chi connectivity index (χ3v) is 9.09. The molecule has 194 valence electrons. The van der Waals surface area contributed by atoms with E-state index in [0.29, 0.717) is 12.5 Å². The minimum absolute atomic E-state index is 0.0415. The molecule has 1 N–H and O–H groups in total. The molecule has 0 spiro atoms. The molecule has 6 heteroatoms. The van der Waals surface area contributed by atoms with Crippen molar-refractivity contribution in [2.45, 2.75) is 31.4 Å². The average molecular weight is 525 g/mol. The number of carbonyl (C=O) groups excluding carboxylic acids is 1. The zero-order valence-corrected chi connectivity index (χ0v) is 22.4. The van der Waals surface area contributed by atoms with E-state index < -0.39 is 0 Å². The maximum Gasteiger partial charge on any atom is 0.315 e. The topological polar surface area (TPSA) is 51.2 Å². The minimum Gasteiger partial charge on any atom is -0.456 e. The van der Waals surface area contributed by atoms with Gasteiger partial charge in [0.1, 0.15) is 23.8 Å². The number of esters is 1. The first-order valence-corrected chi connectivity index (χ1v) is 14.4. The molecule has 3 saturated heterocycles. The second-order valence-electron chi connectivity index (χ2n) is 10.7. The van der Waals surface area contributed by atoms with Gasteiger partial charge in [-0.3, -0.25) is 4.79 Å². The molecule has 38 heavy (non-hydrogen) atoms. The molecule has 2 atom stereocenters. The molecule has 0 saturated carbocycles. The quantitative estimate of drug-likeness (QED) is 0.205. The van der Waals surface area contributed by atoms with Crippen LogP contribution in [0.2, 0.25) is 0 Å². The fourth-order valence-corrected chi connectivity index (χ4v) is 6.86. The maximum absolute atomic E-state index is 13.7. The molecule has 0 aliphatic carbocycles. The van der Waals surface area contributed by atoms with Crippen molar-refractivity contribution < 1.29 is 14.0 Å². The lowest BCUT2D eigenvalue weighted by Gasteiger charge is -2.51. The number of rotatable bonds is 9. The highest BCUT2D eigenvalue weighted by Gasteiger charge is 2.48. The third kappa shape index (κ3) is 5.52. The standard InChI is InChI=1S/C32H34N3O2S/c36-32(29(24-10-4-1-5-11-24)20-33-27-14-8-3-9-15-27)37-30-22-35(18-16-25(30)17-19-35)21-28-23-38-31(34-28)26-12-6-2-7-13-26/h1-15,23,25,29-30,33H,16-22H2/q+1/t25?,29?,30-,35?/m0/s1. The van der Waals surface area contributed by atoms with E-state index in [1.165, 1.54) is 5.56 Å². The normalized spacial score (nSPS) is 23.1. The summed E-state index contributed by atoms with van der Waals surface area (Å²) in [6, 6.07) is 30.4. The van der Waals surface area contributed by atoms with Crippen LogP contribution in [0.3, 0.4) is 0 Å². The predicted molar refractivity (Wildman–Crippen MR) is 153 cm³/mol. The molecule has 0 radical (unpaired) electrons. The van der Waals surface area contributed by atoms with Gasteiger partial charge < -0.3 is 14.5 Å². The summed E-state index contributed by atoms with van der Waals surface area (Å²) in [4.78, 5) is 18.6. The molecule has 1 aromatic heterocycles. The molecule has 5 nitrogen and oxygen atoms in total. The Morgan fingerprint density at radius 1 is 0.947 bits per heavy atom. The summed E-state index contributed by atoms with van der Waals surface area (Å²) in [5.74, 6) is -0.0309. The van der Waals surface area contributed by atoms with Gasteiger partial charge in [0.25, 0.3) is 0 Å². The van der Waals surface area contributed by atoms with Gasteiger partial charge in [-0.25, -0.2) is 4.98 Å². The summed E-state index contributed by atoms with van der Waals surface area (Å²) in [5, 5.41) is 6.72. The van der Waals surface area contributed by atoms with E-state index in [1.54, 1.807) is 11.3 Å². The summed E-state index contributed by atoms with van der Waals surface area (Å²) >= 11 is 1.72. The van der Waals surface area contributed by atoms with Gasteiger partial charge in [-0.15, -0.1) is 11.3 Å². The van der Waals surface area contributed by atoms with Crippen molar-refractivity contribution in [2.24, 2.45) is 5.92 Å². The van der Waals surface area contributed by atoms with Crippen LogP contribution in [-0.4, -0.2) is 47.7 Å². The van der Waals surface area contributed by atoms with Gasteiger partial charge in [-0.1, -0.05) is 78.9 Å². The number of carbonyl (C=O) groups is 1. The van der Waals surface area contributed by atoms with Gasteiger partial charge in [-0.2, -0.15) is 0 Å². The Balaban J connectivity index is 1.15. The number of anilines is 1. The highest BCUT2D eigenvalue weighted by molar-refractivity contribution is 7.13. The number of fused-ring (bicyclic) bond motifs is 3. The lowest BCUT2D eigenvalue weighted by Crippen LogP contribution is -2.64. The summed E-state index contributed by atoms with van der Waals surface area (Å²) in [5.41, 5.74) is 4.31. The lowest BCUT2D eigenvalue weighted by atomic mass is 9.83. The Morgan fingerprint density at radius 3 is 2.32 bits per heavy atom. The van der Waals surface area contributed by atoms with Crippen LogP contribution in [0.1, 0.15) is 30.0 Å². The molecule has 0 amide bonds. The number of nitrogens with one attached hydrogen (secondary N) is 1. The van der Waals surface area contributed by atoms with Gasteiger partial charge in [-0.05, 0) is 17.7 Å². The molecule has 4 heterocycles. The van der Waals surface area contributed by atoms with Crippen LogP contribution in [0.15, 0.2) is 96.4 Å². The van der Waals surface area contributed by atoms with Crippen molar-refractivity contribution in [1.29, 1.82) is 0 Å². The Morgan fingerprint density at radius 2 is 1.61 bits per heavy atom. The molecule has 4 aromatic rings. The number of piperidine rings is 3. The molecule has 2 bridgehead atoms. The van der Waals surface area contributed by atoms with E-state index in [-0.39, 0.29) is 18.0 Å². The summed E-state index contributed by atoms with van der Waals surface area (Å²) < 4.78 is 7.32. The highest BCUT2D eigenvalue weighted by atomic mass is 32.1. The molecular formula is C32H34N3O2S+. The van der Waals surface area contributed by atoms with Crippen molar-refractivity contribution in [1.82, 2.24) is 4.98 Å². The van der Waals surface area contributed by atoms with Crippen molar-refractivity contribution in [3.05, 3.63) is 108 Å². The highest BCUT2D eigenvalue weighted by Crippen LogP contribution is 2.38. The first-order valence-electron chi connectivity index (χ1n) is 13.6. The van der Waals surface area contributed by atoms with Gasteiger partial charge in [0.05, 0.1) is 19.0 Å². The van der Waals surface area contributed by atoms with E-state index in [2.05, 4.69) is 35.0 Å². The number of ether oxygens (including phenoxy) is 1. The molecule has 3 aliphatic heterocycles. The Labute approximate surface area is 228 Å². The lowest BCUT2D eigenvalue weighted by molar-refractivity contribution is -0.958. The zero-order valence-electron chi connectivity index (χ0n) is 21.5. The van der Waals surface area contributed by atoms with E-state index in [0.717, 1.165) is 65.5 Å². The van der Waals surface area contributed by atoms with Crippen LogP contribution < -0.4 is 5.32 Å². The number of nitrogens with zero attached hydrogens (tertiary/aromatic N) is 2. The number of para-hydroxylation sites is 1. The molecule has 3 aromatic carbocycles. The zero-order chi connectivity index (χ0) is 25.8. The minimum atomic E-state index is -0.354. The molecule has 1 unspecified atom stereocenters. The van der Waals surface area contributed by atoms with Gasteiger partial charge in [0, 0.05) is 41.9 Å². The van der Waals surface area contributed by atoms with Crippen LogP contribution in [0.4, 0.5) is 5.69 Å². The monoisotopic (exact) mass is 524 g/mol. The second-order valence-corrected chi connectivity index (χ2v) is 11.5. The predicted octanol–water partition coefficient (Wildman–Crippen LogP) is 6.36. The molecular weight excluding hydrogens is 490 g/mol. The Kier molecular flexibility index (Phi) is 7.25. The van der Waals surface area contributed by atoms with E-state index in [9.17, 15) is 4.79 Å². The number of hydrogen-bond donors (Lipinski definition) is 1. The van der Waals surface area contributed by atoms with E-state index in [1.807, 2.05) is 66.7 Å². The fourth-order valence-electron chi connectivity index (χ4n) is 6.04. The van der Waals surface area contributed by atoms with Crippen molar-refractivity contribution in [2.75, 3.05) is 31.5 Å². The average Bonchev–Trinajstić information content (AvgIpc) is 3.43. The number of quaternary nitrogens is 1. The molecule has 7 rings (SSSR count). The van der Waals surface area contributed by atoms with Gasteiger partial charge >= 0.3 is 5.97 Å². The number of thiazole rings is 1. The van der Waals surface area contributed by atoms with Gasteiger partial charge in [0.15, 0.2) is 6.10 Å². The smallest absolute Gasteiger partial charge is 0.315 e. The number of hydrogen-bond acceptors (Lipinski definition) is 5. The Hall–Kier alpha value is -3.48. The van der Waals surface area contributed by atoms with Crippen LogP contribution in [-0.2, 0) is 16.1 Å². The third-order valence-electron chi connectivity index (χ3n) is 8.15. The van der Waals surface area contributed by atoms with Gasteiger partial charge in [0.2, 0.25) is 0 Å². The molecule has 3 aliphatic rings. The summed E-state index contributed by atoms with van der Waals surface area (Å²) in [7, 11) is 0. The SMILES string of the molecule is O=C(O[C@H]1C[N+]2(Cc3csc(-c4ccccc4)n3)CCC1CC2)C(CNc1ccccc1)c1ccccc1. The number of benzene rings is 3. The summed E-state index contributed by atoms with van der Waals surface area (Å²) in [6.45, 7) is 4.55. The first kappa shape index (κ1) is 24.8. The van der Waals surface area contributed by atoms with Crippen LogP contribution >= 0.6 is 11.3 Å². The maximum atomic E-state index is 13.7. The van der Waals surface area contributed by atoms with Crippen molar-refractivity contribution in [3.63, 3.8) is 0 Å². The second kappa shape index (κ2) is 11.1. The van der Waals surface area contributed by atoms with Crippen molar-refractivity contribution in [3.8, 4) is 10.6 Å². The fraction of sp³-hybridized carbons (Fsp3) is 0.312. The van der Waals surface area contributed by atoms with E-state index in [4.69, 9.17) is 9.72 Å². The van der Waals surface area contributed by atoms with Crippen LogP contribution in [0.5, 0.6) is 0 Å². The molecule has 3 fully saturated rings. The first-order chi connectivity index (χ1) is 18.7. The van der Waals surface area contributed by atoms with Crippen molar-refractivity contribution >= 4 is 23.0 Å². The number of aromatic nitrogens is 1. The van der Waals surface area contributed by atoms with Crippen LogP contribution in [0, 0.1) is 5.92 Å². The van der Waals surface area contributed by atoms with E-state index >= 15 is 0 Å². The van der Waals surface area contributed by atoms with Crippen LogP contribution in [0.25, 0.3) is 10.6 Å². The summed E-state index contributed by atoms with van der Waals surface area (Å²) in [6.07, 6.45) is 2.16.